The first-order valence-electron chi connectivity index (χ1n) is 8.13. The SMILES string of the molecule is Cn1ncc2c1Cc1ccccc1N(C(=O)C1CCCC1)C2. The normalized spacial score (nSPS) is 18.0. The monoisotopic (exact) mass is 295 g/mol. The van der Waals surface area contributed by atoms with Crippen molar-refractivity contribution in [2.75, 3.05) is 4.90 Å². The van der Waals surface area contributed by atoms with Crippen LogP contribution in [-0.2, 0) is 24.8 Å². The molecule has 0 spiro atoms. The molecule has 0 bridgehead atoms. The third-order valence-corrected chi connectivity index (χ3v) is 5.09. The molecule has 1 amide bonds. The molecular weight excluding hydrogens is 274 g/mol. The Kier molecular flexibility index (Phi) is 3.25. The zero-order valence-corrected chi connectivity index (χ0v) is 13.0. The van der Waals surface area contributed by atoms with E-state index in [1.54, 1.807) is 0 Å². The molecule has 114 valence electrons. The van der Waals surface area contributed by atoms with Gasteiger partial charge in [-0.05, 0) is 24.5 Å². The van der Waals surface area contributed by atoms with Crippen LogP contribution in [0.5, 0.6) is 0 Å². The van der Waals surface area contributed by atoms with Gasteiger partial charge in [0, 0.05) is 36.3 Å². The maximum Gasteiger partial charge on any atom is 0.230 e. The summed E-state index contributed by atoms with van der Waals surface area (Å²) in [4.78, 5) is 15.0. The number of aryl methyl sites for hydroxylation is 1. The number of hydrogen-bond donors (Lipinski definition) is 0. The van der Waals surface area contributed by atoms with Gasteiger partial charge in [-0.1, -0.05) is 31.0 Å². The number of carbonyl (C=O) groups is 1. The lowest BCUT2D eigenvalue weighted by Crippen LogP contribution is -2.34. The molecule has 1 aliphatic carbocycles. The zero-order chi connectivity index (χ0) is 15.1. The van der Waals surface area contributed by atoms with E-state index in [1.807, 2.05) is 28.9 Å². The average Bonchev–Trinajstić information content (AvgIpc) is 3.14. The van der Waals surface area contributed by atoms with Crippen molar-refractivity contribution in [3.8, 4) is 0 Å². The summed E-state index contributed by atoms with van der Waals surface area (Å²) in [5, 5.41) is 4.38. The number of para-hydroxylation sites is 1. The van der Waals surface area contributed by atoms with Crippen LogP contribution in [-0.4, -0.2) is 15.7 Å². The highest BCUT2D eigenvalue weighted by atomic mass is 16.2. The van der Waals surface area contributed by atoms with E-state index in [9.17, 15) is 4.79 Å². The van der Waals surface area contributed by atoms with Crippen LogP contribution in [0.2, 0.25) is 0 Å². The van der Waals surface area contributed by atoms with Crippen molar-refractivity contribution in [1.82, 2.24) is 9.78 Å². The quantitative estimate of drug-likeness (QED) is 0.811. The molecule has 1 aromatic carbocycles. The van der Waals surface area contributed by atoms with Crippen LogP contribution >= 0.6 is 0 Å². The molecular formula is C18H21N3O. The number of fused-ring (bicyclic) bond motifs is 2. The number of amides is 1. The van der Waals surface area contributed by atoms with Crippen molar-refractivity contribution in [3.05, 3.63) is 47.3 Å². The molecule has 0 radical (unpaired) electrons. The summed E-state index contributed by atoms with van der Waals surface area (Å²) < 4.78 is 1.94. The third-order valence-electron chi connectivity index (χ3n) is 5.09. The van der Waals surface area contributed by atoms with Crippen LogP contribution in [0.1, 0.15) is 42.5 Å². The maximum absolute atomic E-state index is 13.0. The maximum atomic E-state index is 13.0. The first-order valence-corrected chi connectivity index (χ1v) is 8.13. The highest BCUT2D eigenvalue weighted by Crippen LogP contribution is 2.34. The molecule has 1 saturated carbocycles. The van der Waals surface area contributed by atoms with E-state index in [2.05, 4.69) is 23.3 Å². The molecule has 2 aromatic rings. The molecule has 1 fully saturated rings. The third kappa shape index (κ3) is 2.14. The minimum atomic E-state index is 0.200. The van der Waals surface area contributed by atoms with E-state index in [4.69, 9.17) is 0 Å². The van der Waals surface area contributed by atoms with Gasteiger partial charge in [0.25, 0.3) is 0 Å². The summed E-state index contributed by atoms with van der Waals surface area (Å²) in [5.41, 5.74) is 4.69. The largest absolute Gasteiger partial charge is 0.307 e. The van der Waals surface area contributed by atoms with Crippen molar-refractivity contribution < 1.29 is 4.79 Å². The van der Waals surface area contributed by atoms with Gasteiger partial charge in [-0.3, -0.25) is 9.48 Å². The van der Waals surface area contributed by atoms with Crippen molar-refractivity contribution >= 4 is 11.6 Å². The van der Waals surface area contributed by atoms with E-state index in [1.165, 1.54) is 29.7 Å². The number of rotatable bonds is 1. The van der Waals surface area contributed by atoms with E-state index in [-0.39, 0.29) is 5.92 Å². The van der Waals surface area contributed by atoms with E-state index in [0.29, 0.717) is 12.5 Å². The van der Waals surface area contributed by atoms with Crippen LogP contribution in [0.25, 0.3) is 0 Å². The highest BCUT2D eigenvalue weighted by molar-refractivity contribution is 5.96. The number of carbonyl (C=O) groups excluding carboxylic acids is 1. The Morgan fingerprint density at radius 1 is 1.18 bits per heavy atom. The Morgan fingerprint density at radius 3 is 2.77 bits per heavy atom. The molecule has 2 heterocycles. The number of hydrogen-bond acceptors (Lipinski definition) is 2. The highest BCUT2D eigenvalue weighted by Gasteiger charge is 2.31. The molecule has 22 heavy (non-hydrogen) atoms. The molecule has 4 nitrogen and oxygen atoms in total. The lowest BCUT2D eigenvalue weighted by Gasteiger charge is -2.25. The molecule has 4 heteroatoms. The first kappa shape index (κ1) is 13.6. The second-order valence-corrected chi connectivity index (χ2v) is 6.45. The van der Waals surface area contributed by atoms with Gasteiger partial charge in [0.2, 0.25) is 5.91 Å². The van der Waals surface area contributed by atoms with Crippen LogP contribution in [0.4, 0.5) is 5.69 Å². The number of benzene rings is 1. The van der Waals surface area contributed by atoms with Gasteiger partial charge >= 0.3 is 0 Å². The van der Waals surface area contributed by atoms with Crippen molar-refractivity contribution in [2.24, 2.45) is 13.0 Å². The minimum absolute atomic E-state index is 0.200. The Labute approximate surface area is 130 Å². The molecule has 0 saturated heterocycles. The molecule has 1 aliphatic heterocycles. The summed E-state index contributed by atoms with van der Waals surface area (Å²) in [6.07, 6.45) is 7.20. The van der Waals surface area contributed by atoms with E-state index >= 15 is 0 Å². The lowest BCUT2D eigenvalue weighted by atomic mass is 10.0. The van der Waals surface area contributed by atoms with E-state index in [0.717, 1.165) is 24.9 Å². The number of aromatic nitrogens is 2. The van der Waals surface area contributed by atoms with Crippen molar-refractivity contribution in [3.63, 3.8) is 0 Å². The van der Waals surface area contributed by atoms with Crippen LogP contribution in [0.15, 0.2) is 30.5 Å². The molecule has 1 aromatic heterocycles. The smallest absolute Gasteiger partial charge is 0.230 e. The standard InChI is InChI=1S/C18H21N3O/c1-20-17-10-14-8-4-5-9-16(14)21(12-15(17)11-19-20)18(22)13-6-2-3-7-13/h4-5,8-9,11,13H,2-3,6-7,10,12H2,1H3. The van der Waals surface area contributed by atoms with Gasteiger partial charge in [-0.15, -0.1) is 0 Å². The zero-order valence-electron chi connectivity index (χ0n) is 13.0. The Hall–Kier alpha value is -2.10. The topological polar surface area (TPSA) is 38.1 Å². The number of anilines is 1. The minimum Gasteiger partial charge on any atom is -0.307 e. The van der Waals surface area contributed by atoms with Gasteiger partial charge in [-0.2, -0.15) is 5.10 Å². The van der Waals surface area contributed by atoms with Crippen LogP contribution in [0, 0.1) is 5.92 Å². The Morgan fingerprint density at radius 2 is 1.95 bits per heavy atom. The predicted octanol–water partition coefficient (Wildman–Crippen LogP) is 3.05. The fourth-order valence-corrected chi connectivity index (χ4v) is 3.82. The van der Waals surface area contributed by atoms with Gasteiger partial charge in [0.15, 0.2) is 0 Å². The van der Waals surface area contributed by atoms with Gasteiger partial charge in [0.1, 0.15) is 0 Å². The molecule has 2 aliphatic rings. The summed E-state index contributed by atoms with van der Waals surface area (Å²) >= 11 is 0. The summed E-state index contributed by atoms with van der Waals surface area (Å²) in [5.74, 6) is 0.493. The van der Waals surface area contributed by atoms with Gasteiger partial charge < -0.3 is 4.90 Å². The summed E-state index contributed by atoms with van der Waals surface area (Å²) in [7, 11) is 1.98. The van der Waals surface area contributed by atoms with Gasteiger partial charge in [-0.25, -0.2) is 0 Å². The molecule has 0 atom stereocenters. The fraction of sp³-hybridized carbons (Fsp3) is 0.444. The Balaban J connectivity index is 1.78. The predicted molar refractivity (Wildman–Crippen MR) is 85.6 cm³/mol. The second kappa shape index (κ2) is 5.27. The molecule has 4 rings (SSSR count). The summed E-state index contributed by atoms with van der Waals surface area (Å²) in [6.45, 7) is 0.648. The Bertz CT molecular complexity index is 713. The second-order valence-electron chi connectivity index (χ2n) is 6.45. The van der Waals surface area contributed by atoms with Crippen LogP contribution < -0.4 is 4.90 Å². The van der Waals surface area contributed by atoms with Gasteiger partial charge in [0.05, 0.1) is 12.7 Å². The lowest BCUT2D eigenvalue weighted by molar-refractivity contribution is -0.122. The fourth-order valence-electron chi connectivity index (χ4n) is 3.82. The molecule has 0 unspecified atom stereocenters. The average molecular weight is 295 g/mol. The summed E-state index contributed by atoms with van der Waals surface area (Å²) in [6, 6.07) is 8.30. The van der Waals surface area contributed by atoms with Crippen molar-refractivity contribution in [2.45, 2.75) is 38.6 Å². The van der Waals surface area contributed by atoms with Crippen LogP contribution in [0.3, 0.4) is 0 Å². The van der Waals surface area contributed by atoms with E-state index < -0.39 is 0 Å². The molecule has 0 N–H and O–H groups in total. The number of nitrogens with zero attached hydrogens (tertiary/aromatic N) is 3. The van der Waals surface area contributed by atoms with Crippen molar-refractivity contribution in [1.29, 1.82) is 0 Å². The first-order chi connectivity index (χ1) is 10.7.